The van der Waals surface area contributed by atoms with E-state index in [4.69, 9.17) is 0 Å². The van der Waals surface area contributed by atoms with Crippen LogP contribution in [0.15, 0.2) is 52.4 Å². The molecule has 28 heavy (non-hydrogen) atoms. The van der Waals surface area contributed by atoms with Crippen LogP contribution in [0.1, 0.15) is 5.69 Å². The Morgan fingerprint density at radius 1 is 0.964 bits per heavy atom. The molecule has 1 aliphatic rings. The van der Waals surface area contributed by atoms with Gasteiger partial charge in [0.05, 0.1) is 21.3 Å². The summed E-state index contributed by atoms with van der Waals surface area (Å²) >= 11 is 0. The van der Waals surface area contributed by atoms with Crippen LogP contribution >= 0.6 is 0 Å². The Balaban J connectivity index is 2.25. The minimum Gasteiger partial charge on any atom is -0.505 e. The fraction of sp³-hybridized carbons (Fsp3) is 0. The fourth-order valence-corrected chi connectivity index (χ4v) is 4.44. The lowest BCUT2D eigenvalue weighted by Crippen LogP contribution is -2.24. The number of aromatic nitrogens is 1. The molecule has 144 valence electrons. The maximum Gasteiger partial charge on any atom is 0.364 e. The molecule has 0 bridgehead atoms. The highest BCUT2D eigenvalue weighted by Crippen LogP contribution is 2.38. The van der Waals surface area contributed by atoms with E-state index in [-0.39, 0.29) is 25.5 Å². The minimum atomic E-state index is -5.10. The largest absolute Gasteiger partial charge is 0.505 e. The van der Waals surface area contributed by atoms with Gasteiger partial charge in [-0.1, -0.05) is 18.2 Å². The summed E-state index contributed by atoms with van der Waals surface area (Å²) in [6.45, 7) is 0. The smallest absolute Gasteiger partial charge is 0.364 e. The number of hydrogen-bond donors (Lipinski definition) is 3. The minimum absolute atomic E-state index is 0.162. The summed E-state index contributed by atoms with van der Waals surface area (Å²) in [5.74, 6) is -1.52. The normalized spacial score (nSPS) is 14.4. The van der Waals surface area contributed by atoms with Crippen LogP contribution < -0.4 is 10.6 Å². The van der Waals surface area contributed by atoms with Crippen LogP contribution in [-0.2, 0) is 25.2 Å². The third kappa shape index (κ3) is 2.62. The molecular weight excluding hydrogens is 412 g/mol. The SMILES string of the molecule is O=C1N=c2ccccc2=C1c1c(O)c2ccc(S(=O)(=O)O)cc2n1S(=O)(=O)O. The van der Waals surface area contributed by atoms with Crippen molar-refractivity contribution in [3.8, 4) is 5.75 Å². The second-order valence-electron chi connectivity index (χ2n) is 5.90. The van der Waals surface area contributed by atoms with E-state index < -0.39 is 48.2 Å². The predicted octanol–water partition coefficient (Wildman–Crippen LogP) is -0.397. The molecule has 2 aromatic carbocycles. The van der Waals surface area contributed by atoms with Gasteiger partial charge >= 0.3 is 10.3 Å². The third-order valence-electron chi connectivity index (χ3n) is 4.25. The van der Waals surface area contributed by atoms with Crippen LogP contribution in [0.2, 0.25) is 0 Å². The molecule has 1 amide bonds. The van der Waals surface area contributed by atoms with E-state index >= 15 is 0 Å². The summed E-state index contributed by atoms with van der Waals surface area (Å²) in [6.07, 6.45) is 0. The molecular formula is C16H10N2O8S2. The van der Waals surface area contributed by atoms with Crippen molar-refractivity contribution < 1.29 is 35.8 Å². The lowest BCUT2D eigenvalue weighted by molar-refractivity contribution is -0.112. The first-order valence-corrected chi connectivity index (χ1v) is 10.4. The van der Waals surface area contributed by atoms with Gasteiger partial charge in [-0.05, 0) is 24.3 Å². The molecule has 0 saturated carbocycles. The summed E-state index contributed by atoms with van der Waals surface area (Å²) in [6, 6.07) is 8.90. The fourth-order valence-electron chi connectivity index (χ4n) is 3.14. The maximum absolute atomic E-state index is 12.4. The Morgan fingerprint density at radius 3 is 2.29 bits per heavy atom. The summed E-state index contributed by atoms with van der Waals surface area (Å²) in [4.78, 5) is 15.5. The highest BCUT2D eigenvalue weighted by Gasteiger charge is 2.32. The molecule has 3 N–H and O–H groups in total. The lowest BCUT2D eigenvalue weighted by Gasteiger charge is -2.07. The van der Waals surface area contributed by atoms with Gasteiger partial charge in [-0.2, -0.15) is 16.8 Å². The maximum atomic E-state index is 12.4. The number of aromatic hydroxyl groups is 1. The standard InChI is InChI=1S/C16H10N2O8S2/c19-15-10-6-5-8(27(21,22)23)7-12(10)18(28(24,25)26)14(15)13-9-3-1-2-4-11(9)17-16(13)20/h1-7,19H,(H,21,22,23)(H,24,25,26). The van der Waals surface area contributed by atoms with Crippen LogP contribution in [-0.4, -0.2) is 40.9 Å². The highest BCUT2D eigenvalue weighted by molar-refractivity contribution is 7.86. The number of hydrogen-bond acceptors (Lipinski definition) is 6. The number of fused-ring (bicyclic) bond motifs is 2. The number of para-hydroxylation sites is 1. The van der Waals surface area contributed by atoms with Gasteiger partial charge in [-0.15, -0.1) is 0 Å². The Morgan fingerprint density at radius 2 is 1.64 bits per heavy atom. The van der Waals surface area contributed by atoms with Gasteiger partial charge in [0.2, 0.25) is 0 Å². The Bertz CT molecular complexity index is 1530. The van der Waals surface area contributed by atoms with E-state index in [1.165, 1.54) is 12.1 Å². The van der Waals surface area contributed by atoms with Crippen LogP contribution in [0.4, 0.5) is 0 Å². The van der Waals surface area contributed by atoms with Crippen molar-refractivity contribution in [3.63, 3.8) is 0 Å². The molecule has 0 fully saturated rings. The van der Waals surface area contributed by atoms with Gasteiger partial charge in [0.1, 0.15) is 5.69 Å². The van der Waals surface area contributed by atoms with E-state index in [2.05, 4.69) is 4.99 Å². The molecule has 10 nitrogen and oxygen atoms in total. The zero-order valence-electron chi connectivity index (χ0n) is 13.6. The van der Waals surface area contributed by atoms with E-state index in [0.717, 1.165) is 18.2 Å². The second-order valence-corrected chi connectivity index (χ2v) is 8.58. The first-order valence-electron chi connectivity index (χ1n) is 7.56. The number of carbonyl (C=O) groups excluding carboxylic acids is 1. The zero-order chi connectivity index (χ0) is 20.4. The topological polar surface area (TPSA) is 163 Å². The van der Waals surface area contributed by atoms with Crippen molar-refractivity contribution in [3.05, 3.63) is 58.7 Å². The second kappa shape index (κ2) is 5.72. The van der Waals surface area contributed by atoms with Crippen LogP contribution in [0, 0.1) is 0 Å². The molecule has 2 heterocycles. The Hall–Kier alpha value is -3.06. The molecule has 0 saturated heterocycles. The first-order chi connectivity index (χ1) is 13.0. The van der Waals surface area contributed by atoms with Gasteiger partial charge in [0.15, 0.2) is 5.75 Å². The summed E-state index contributed by atoms with van der Waals surface area (Å²) in [7, 11) is -9.80. The van der Waals surface area contributed by atoms with Crippen molar-refractivity contribution in [2.24, 2.45) is 4.99 Å². The molecule has 3 aromatic rings. The van der Waals surface area contributed by atoms with E-state index in [1.807, 2.05) is 0 Å². The molecule has 0 unspecified atom stereocenters. The quantitative estimate of drug-likeness (QED) is 0.480. The molecule has 0 radical (unpaired) electrons. The van der Waals surface area contributed by atoms with Gasteiger partial charge in [0, 0.05) is 10.6 Å². The van der Waals surface area contributed by atoms with Crippen LogP contribution in [0.25, 0.3) is 16.5 Å². The summed E-state index contributed by atoms with van der Waals surface area (Å²) in [5, 5.41) is 10.9. The molecule has 1 aromatic heterocycles. The number of nitrogens with zero attached hydrogens (tertiary/aromatic N) is 2. The number of benzene rings is 2. The van der Waals surface area contributed by atoms with Crippen molar-refractivity contribution in [2.75, 3.05) is 0 Å². The Labute approximate surface area is 157 Å². The van der Waals surface area contributed by atoms with Gasteiger partial charge < -0.3 is 5.11 Å². The third-order valence-corrected chi connectivity index (χ3v) is 5.94. The number of amides is 1. The van der Waals surface area contributed by atoms with Gasteiger partial charge in [-0.25, -0.2) is 8.96 Å². The monoisotopic (exact) mass is 422 g/mol. The van der Waals surface area contributed by atoms with E-state index in [0.29, 0.717) is 0 Å². The highest BCUT2D eigenvalue weighted by atomic mass is 32.2. The van der Waals surface area contributed by atoms with Crippen LogP contribution in [0.3, 0.4) is 0 Å². The predicted molar refractivity (Wildman–Crippen MR) is 95.1 cm³/mol. The molecule has 0 aliphatic carbocycles. The van der Waals surface area contributed by atoms with Crippen molar-refractivity contribution >= 4 is 42.8 Å². The molecule has 4 rings (SSSR count). The van der Waals surface area contributed by atoms with Crippen molar-refractivity contribution in [1.82, 2.24) is 3.97 Å². The molecule has 0 atom stereocenters. The summed E-state index contributed by atoms with van der Waals surface area (Å²) in [5.41, 5.74) is -1.30. The van der Waals surface area contributed by atoms with Gasteiger partial charge in [-0.3, -0.25) is 13.9 Å². The lowest BCUT2D eigenvalue weighted by atomic mass is 10.1. The number of rotatable bonds is 3. The van der Waals surface area contributed by atoms with Gasteiger partial charge in [0.25, 0.3) is 16.0 Å². The molecule has 1 aliphatic heterocycles. The van der Waals surface area contributed by atoms with Crippen molar-refractivity contribution in [1.29, 1.82) is 0 Å². The first kappa shape index (κ1) is 18.3. The van der Waals surface area contributed by atoms with Crippen LogP contribution in [0.5, 0.6) is 5.75 Å². The molecule has 0 spiro atoms. The zero-order valence-corrected chi connectivity index (χ0v) is 15.3. The summed E-state index contributed by atoms with van der Waals surface area (Å²) < 4.78 is 66.1. The molecule has 12 heteroatoms. The van der Waals surface area contributed by atoms with Crippen molar-refractivity contribution in [2.45, 2.75) is 4.90 Å². The van der Waals surface area contributed by atoms with E-state index in [9.17, 15) is 35.8 Å². The average molecular weight is 422 g/mol. The Kier molecular flexibility index (Phi) is 3.74. The number of carbonyl (C=O) groups is 1. The average Bonchev–Trinajstić information content (AvgIpc) is 3.07. The van der Waals surface area contributed by atoms with E-state index in [1.54, 1.807) is 12.1 Å².